The van der Waals surface area contributed by atoms with Crippen LogP contribution in [-0.2, 0) is 28.7 Å². The summed E-state index contributed by atoms with van der Waals surface area (Å²) in [5, 5.41) is 37.5. The second-order valence-corrected chi connectivity index (χ2v) is 15.3. The molecule has 0 amide bonds. The molecule has 16 nitrogen and oxygen atoms in total. The maximum absolute atomic E-state index is 12.8. The van der Waals surface area contributed by atoms with Gasteiger partial charge < -0.3 is 38.6 Å². The molecule has 0 bridgehead atoms. The van der Waals surface area contributed by atoms with Crippen LogP contribution in [0.5, 0.6) is 23.0 Å². The van der Waals surface area contributed by atoms with Crippen molar-refractivity contribution in [2.75, 3.05) is 13.2 Å². The number of ether oxygens (including phenoxy) is 6. The summed E-state index contributed by atoms with van der Waals surface area (Å²) in [6.07, 6.45) is 4.07. The van der Waals surface area contributed by atoms with Gasteiger partial charge in [-0.05, 0) is 54.8 Å². The molecular formula is C36H34Br2N4O12+2. The SMILES string of the molecule is CC(C)(CC(=O)OCCOC(=O)CC(C)(C)CC(=O)Oc1cc2c(cc1Br)/C(=C/[N+]#N)C=C(O)O2)CC(=O)Oc1cc2c(cc1Br)/C(=C\[N+]#N)C=C(O)O2. The number of nitrogens with zero attached hydrogens (tertiary/aromatic N) is 4. The first-order valence-electron chi connectivity index (χ1n) is 16.0. The summed E-state index contributed by atoms with van der Waals surface area (Å²) in [4.78, 5) is 56.6. The van der Waals surface area contributed by atoms with Gasteiger partial charge in [-0.2, -0.15) is 0 Å². The molecule has 2 heterocycles. The van der Waals surface area contributed by atoms with Gasteiger partial charge in [0.25, 0.3) is 11.9 Å². The molecule has 0 spiro atoms. The topological polar surface area (TPSA) is 220 Å². The number of hydrogen-bond donors (Lipinski definition) is 2. The fourth-order valence-electron chi connectivity index (χ4n) is 5.31. The molecule has 282 valence electrons. The minimum absolute atomic E-state index is 0.0929. The Morgan fingerprint density at radius 3 is 1.37 bits per heavy atom. The van der Waals surface area contributed by atoms with Crippen molar-refractivity contribution in [1.82, 2.24) is 0 Å². The van der Waals surface area contributed by atoms with E-state index in [1.54, 1.807) is 39.8 Å². The molecule has 0 aromatic heterocycles. The molecule has 2 aliphatic heterocycles. The Kier molecular flexibility index (Phi) is 13.2. The number of rotatable bonds is 13. The van der Waals surface area contributed by atoms with Crippen molar-refractivity contribution in [3.63, 3.8) is 0 Å². The van der Waals surface area contributed by atoms with Gasteiger partial charge in [0.05, 0.1) is 45.8 Å². The van der Waals surface area contributed by atoms with E-state index in [9.17, 15) is 29.4 Å². The van der Waals surface area contributed by atoms with E-state index in [1.807, 2.05) is 0 Å². The molecule has 0 aliphatic carbocycles. The molecule has 4 rings (SSSR count). The van der Waals surface area contributed by atoms with Crippen LogP contribution in [-0.4, -0.2) is 47.3 Å². The van der Waals surface area contributed by atoms with Gasteiger partial charge in [-0.1, -0.05) is 27.7 Å². The lowest BCUT2D eigenvalue weighted by atomic mass is 9.86. The lowest BCUT2D eigenvalue weighted by Gasteiger charge is -2.23. The van der Waals surface area contributed by atoms with Gasteiger partial charge in [-0.15, -0.1) is 0 Å². The summed E-state index contributed by atoms with van der Waals surface area (Å²) in [6, 6.07) is 5.88. The number of aliphatic hydroxyl groups excluding tert-OH is 2. The van der Waals surface area contributed by atoms with Crippen molar-refractivity contribution in [2.45, 2.75) is 53.4 Å². The molecule has 0 unspecified atom stereocenters. The van der Waals surface area contributed by atoms with Gasteiger partial charge in [0.1, 0.15) is 36.2 Å². The lowest BCUT2D eigenvalue weighted by Crippen LogP contribution is -2.26. The highest BCUT2D eigenvalue weighted by molar-refractivity contribution is 9.11. The number of aliphatic hydroxyl groups is 2. The summed E-state index contributed by atoms with van der Waals surface area (Å²) < 4.78 is 32.7. The van der Waals surface area contributed by atoms with E-state index in [0.29, 0.717) is 31.2 Å². The molecule has 54 heavy (non-hydrogen) atoms. The number of carbonyl (C=O) groups is 4. The Morgan fingerprint density at radius 2 is 1.02 bits per heavy atom. The Bertz CT molecular complexity index is 1940. The smallest absolute Gasteiger partial charge is 0.358 e. The molecule has 0 radical (unpaired) electrons. The number of fused-ring (bicyclic) bond motifs is 2. The average molecular weight is 874 g/mol. The molecule has 0 saturated carbocycles. The zero-order valence-electron chi connectivity index (χ0n) is 29.4. The zero-order valence-corrected chi connectivity index (χ0v) is 32.6. The van der Waals surface area contributed by atoms with Crippen LogP contribution in [0.15, 0.2) is 69.7 Å². The first-order chi connectivity index (χ1) is 25.4. The van der Waals surface area contributed by atoms with Crippen LogP contribution in [0.25, 0.3) is 21.1 Å². The fraction of sp³-hybridized carbons (Fsp3) is 0.333. The molecule has 2 aromatic carbocycles. The van der Waals surface area contributed by atoms with Crippen molar-refractivity contribution < 1.29 is 57.8 Å². The maximum Gasteiger partial charge on any atom is 0.358 e. The van der Waals surface area contributed by atoms with E-state index < -0.39 is 46.6 Å². The molecule has 0 atom stereocenters. The van der Waals surface area contributed by atoms with Gasteiger partial charge >= 0.3 is 36.3 Å². The van der Waals surface area contributed by atoms with Crippen molar-refractivity contribution in [1.29, 1.82) is 10.8 Å². The van der Waals surface area contributed by atoms with Gasteiger partial charge in [0.15, 0.2) is 9.95 Å². The highest BCUT2D eigenvalue weighted by Gasteiger charge is 2.31. The largest absolute Gasteiger partial charge is 0.481 e. The third-order valence-corrected chi connectivity index (χ3v) is 8.86. The van der Waals surface area contributed by atoms with Crippen LogP contribution < -0.4 is 18.9 Å². The standard InChI is InChI=1S/C36H32Br2N4O12/c1-35(2,15-33(47)53-27-11-25-21(9-23(27)37)19(17-41-39)7-29(43)51-25)13-31(45)49-5-6-50-32(46)14-36(3,4)16-34(48)54-28-12-26-22(10-24(28)38)20(18-42-40)8-30(44)52-26/h7-12,17-18H,5-6,13-16H2,1-4H3/p+2/b19-17-,20-18+. The van der Waals surface area contributed by atoms with Gasteiger partial charge in [0.2, 0.25) is 10.8 Å². The third kappa shape index (κ3) is 11.4. The van der Waals surface area contributed by atoms with E-state index in [-0.39, 0.29) is 61.9 Å². The molecule has 2 aliphatic rings. The molecule has 0 fully saturated rings. The number of hydrogen-bond acceptors (Lipinski definition) is 14. The Morgan fingerprint density at radius 1 is 0.667 bits per heavy atom. The maximum atomic E-state index is 12.8. The number of esters is 4. The third-order valence-electron chi connectivity index (χ3n) is 7.62. The minimum atomic E-state index is -0.878. The van der Waals surface area contributed by atoms with Gasteiger partial charge in [-0.3, -0.25) is 19.2 Å². The highest BCUT2D eigenvalue weighted by atomic mass is 79.9. The predicted molar refractivity (Wildman–Crippen MR) is 196 cm³/mol. The summed E-state index contributed by atoms with van der Waals surface area (Å²) >= 11 is 6.66. The van der Waals surface area contributed by atoms with E-state index >= 15 is 0 Å². The molecule has 0 saturated heterocycles. The normalized spacial score (nSPS) is 14.8. The predicted octanol–water partition coefficient (Wildman–Crippen LogP) is 8.39. The number of carbonyl (C=O) groups excluding carboxylic acids is 4. The highest BCUT2D eigenvalue weighted by Crippen LogP contribution is 2.42. The number of diazo groups is 2. The quantitative estimate of drug-likeness (QED) is 0.0836. The van der Waals surface area contributed by atoms with Crippen molar-refractivity contribution in [3.8, 4) is 23.0 Å². The van der Waals surface area contributed by atoms with E-state index in [1.165, 1.54) is 24.3 Å². The van der Waals surface area contributed by atoms with Crippen LogP contribution in [0.2, 0.25) is 0 Å². The van der Waals surface area contributed by atoms with Crippen molar-refractivity contribution in [3.05, 3.63) is 90.7 Å². The number of allylic oxidation sites excluding steroid dienone is 4. The number of halogens is 2. The molecule has 2 N–H and O–H groups in total. The second-order valence-electron chi connectivity index (χ2n) is 13.6. The first kappa shape index (κ1) is 41.0. The van der Waals surface area contributed by atoms with Crippen molar-refractivity contribution >= 4 is 66.9 Å². The Hall–Kier alpha value is -5.72. The molecular weight excluding hydrogens is 840 g/mol. The van der Waals surface area contributed by atoms with Crippen LogP contribution in [0.1, 0.15) is 64.5 Å². The van der Waals surface area contributed by atoms with Crippen LogP contribution in [0.4, 0.5) is 0 Å². The fourth-order valence-corrected chi connectivity index (χ4v) is 6.16. The average Bonchev–Trinajstić information content (AvgIpc) is 3.03. The van der Waals surface area contributed by atoms with Gasteiger partial charge in [0, 0.05) is 35.4 Å². The van der Waals surface area contributed by atoms with E-state index in [4.69, 9.17) is 39.2 Å². The number of benzene rings is 2. The summed E-state index contributed by atoms with van der Waals surface area (Å²) in [5.74, 6) is -2.99. The zero-order chi connectivity index (χ0) is 39.8. The molecule has 18 heteroatoms. The summed E-state index contributed by atoms with van der Waals surface area (Å²) in [5.41, 5.74) is -0.118. The Balaban J connectivity index is 1.19. The Labute approximate surface area is 325 Å². The van der Waals surface area contributed by atoms with Gasteiger partial charge in [-0.25, -0.2) is 0 Å². The van der Waals surface area contributed by atoms with Crippen LogP contribution in [0, 0.1) is 21.6 Å². The monoisotopic (exact) mass is 872 g/mol. The second kappa shape index (κ2) is 17.4. The van der Waals surface area contributed by atoms with Crippen molar-refractivity contribution in [2.24, 2.45) is 10.8 Å². The minimum Gasteiger partial charge on any atom is -0.481 e. The first-order valence-corrected chi connectivity index (χ1v) is 17.6. The van der Waals surface area contributed by atoms with E-state index in [2.05, 4.69) is 41.8 Å². The summed E-state index contributed by atoms with van der Waals surface area (Å²) in [6.45, 7) is 6.23. The summed E-state index contributed by atoms with van der Waals surface area (Å²) in [7, 11) is 0. The van der Waals surface area contributed by atoms with Crippen LogP contribution >= 0.6 is 31.9 Å². The van der Waals surface area contributed by atoms with E-state index in [0.717, 1.165) is 12.4 Å². The molecule has 2 aromatic rings. The lowest BCUT2D eigenvalue weighted by molar-refractivity contribution is -0.155. The van der Waals surface area contributed by atoms with Crippen LogP contribution in [0.3, 0.4) is 0 Å².